The Labute approximate surface area is 186 Å². The average molecular weight is 466 g/mol. The Morgan fingerprint density at radius 1 is 1.13 bits per heavy atom. The topological polar surface area (TPSA) is 114 Å². The molecule has 1 unspecified atom stereocenters. The number of rotatable bonds is 7. The maximum Gasteiger partial charge on any atom is 0.255 e. The Morgan fingerprint density at radius 2 is 1.90 bits per heavy atom. The zero-order valence-corrected chi connectivity index (χ0v) is 18.8. The van der Waals surface area contributed by atoms with Crippen LogP contribution < -0.4 is 15.4 Å². The van der Waals surface area contributed by atoms with Crippen molar-refractivity contribution in [3.8, 4) is 0 Å². The highest BCUT2D eigenvalue weighted by Crippen LogP contribution is 2.26. The zero-order valence-electron chi connectivity index (χ0n) is 17.2. The number of halogens is 1. The fraction of sp³-hybridized carbons (Fsp3) is 0.333. The fourth-order valence-electron chi connectivity index (χ4n) is 3.19. The molecule has 0 aromatic heterocycles. The van der Waals surface area contributed by atoms with Crippen molar-refractivity contribution in [2.45, 2.75) is 37.7 Å². The summed E-state index contributed by atoms with van der Waals surface area (Å²) in [7, 11) is -3.94. The SMILES string of the molecule is CC(=O)Nc1ccc(C)cc1NC(=O)c1ccc(Cl)c(S(=O)(=O)NCC2CCCO2)c1. The minimum Gasteiger partial charge on any atom is -0.377 e. The molecule has 0 saturated carbocycles. The molecular weight excluding hydrogens is 442 g/mol. The molecule has 0 bridgehead atoms. The van der Waals surface area contributed by atoms with Gasteiger partial charge in [-0.3, -0.25) is 9.59 Å². The molecule has 1 heterocycles. The summed E-state index contributed by atoms with van der Waals surface area (Å²) in [5.74, 6) is -0.819. The van der Waals surface area contributed by atoms with E-state index < -0.39 is 15.9 Å². The summed E-state index contributed by atoms with van der Waals surface area (Å²) < 4.78 is 33.4. The second kappa shape index (κ2) is 9.78. The van der Waals surface area contributed by atoms with Crippen LogP contribution in [-0.2, 0) is 19.6 Å². The molecule has 2 aromatic carbocycles. The van der Waals surface area contributed by atoms with E-state index in [1.807, 2.05) is 6.92 Å². The van der Waals surface area contributed by atoms with Crippen LogP contribution in [0.3, 0.4) is 0 Å². The summed E-state index contributed by atoms with van der Waals surface area (Å²) in [5, 5.41) is 5.37. The van der Waals surface area contributed by atoms with E-state index in [4.69, 9.17) is 16.3 Å². The van der Waals surface area contributed by atoms with Gasteiger partial charge < -0.3 is 15.4 Å². The summed E-state index contributed by atoms with van der Waals surface area (Å²) in [4.78, 5) is 24.1. The van der Waals surface area contributed by atoms with E-state index in [0.29, 0.717) is 18.0 Å². The van der Waals surface area contributed by atoms with Gasteiger partial charge in [0.05, 0.1) is 22.5 Å². The summed E-state index contributed by atoms with van der Waals surface area (Å²) in [6.07, 6.45) is 1.50. The van der Waals surface area contributed by atoms with Gasteiger partial charge in [0.1, 0.15) is 4.90 Å². The standard InChI is InChI=1S/C21H24ClN3O5S/c1-13-5-8-18(24-14(2)26)19(10-13)25-21(27)15-6-7-17(22)20(11-15)31(28,29)23-12-16-4-3-9-30-16/h5-8,10-11,16,23H,3-4,9,12H2,1-2H3,(H,24,26)(H,25,27). The molecule has 3 N–H and O–H groups in total. The van der Waals surface area contributed by atoms with Crippen molar-refractivity contribution in [1.82, 2.24) is 4.72 Å². The minimum atomic E-state index is -3.94. The normalized spacial score (nSPS) is 16.2. The van der Waals surface area contributed by atoms with E-state index in [1.165, 1.54) is 25.1 Å². The molecule has 3 rings (SSSR count). The number of nitrogens with one attached hydrogen (secondary N) is 3. The van der Waals surface area contributed by atoms with E-state index in [-0.39, 0.29) is 34.0 Å². The maximum absolute atomic E-state index is 12.8. The smallest absolute Gasteiger partial charge is 0.255 e. The van der Waals surface area contributed by atoms with Gasteiger partial charge in [-0.05, 0) is 55.7 Å². The third-order valence-electron chi connectivity index (χ3n) is 4.74. The summed E-state index contributed by atoms with van der Waals surface area (Å²) >= 11 is 6.11. The van der Waals surface area contributed by atoms with Crippen LogP contribution in [0.1, 0.15) is 35.7 Å². The number of benzene rings is 2. The number of carbonyl (C=O) groups is 2. The van der Waals surface area contributed by atoms with E-state index in [0.717, 1.165) is 18.4 Å². The molecule has 2 aromatic rings. The van der Waals surface area contributed by atoms with E-state index >= 15 is 0 Å². The lowest BCUT2D eigenvalue weighted by Gasteiger charge is -2.14. The molecule has 0 aliphatic carbocycles. The minimum absolute atomic E-state index is 0.00545. The van der Waals surface area contributed by atoms with E-state index in [9.17, 15) is 18.0 Å². The van der Waals surface area contributed by atoms with Crippen molar-refractivity contribution in [1.29, 1.82) is 0 Å². The number of ether oxygens (including phenoxy) is 1. The molecule has 1 saturated heterocycles. The number of hydrogen-bond donors (Lipinski definition) is 3. The van der Waals surface area contributed by atoms with E-state index in [2.05, 4.69) is 15.4 Å². The summed E-state index contributed by atoms with van der Waals surface area (Å²) in [6, 6.07) is 9.21. The van der Waals surface area contributed by atoms with Gasteiger partial charge in [0.2, 0.25) is 15.9 Å². The van der Waals surface area contributed by atoms with Crippen LogP contribution in [0.25, 0.3) is 0 Å². The summed E-state index contributed by atoms with van der Waals surface area (Å²) in [6.45, 7) is 3.96. The van der Waals surface area contributed by atoms with Crippen molar-refractivity contribution in [3.63, 3.8) is 0 Å². The van der Waals surface area contributed by atoms with Crippen LogP contribution in [0.5, 0.6) is 0 Å². The van der Waals surface area contributed by atoms with Crippen molar-refractivity contribution in [2.75, 3.05) is 23.8 Å². The Hall–Kier alpha value is -2.46. The van der Waals surface area contributed by atoms with Gasteiger partial charge in [0, 0.05) is 25.6 Å². The highest BCUT2D eigenvalue weighted by Gasteiger charge is 2.23. The van der Waals surface area contributed by atoms with Gasteiger partial charge in [-0.2, -0.15) is 0 Å². The quantitative estimate of drug-likeness (QED) is 0.580. The number of aryl methyl sites for hydroxylation is 1. The van der Waals surface area contributed by atoms with Gasteiger partial charge in [-0.25, -0.2) is 13.1 Å². The predicted octanol–water partition coefficient (Wildman–Crippen LogP) is 3.32. The Bertz CT molecular complexity index is 1100. The first kappa shape index (κ1) is 23.2. The van der Waals surface area contributed by atoms with Crippen LogP contribution in [0, 0.1) is 6.92 Å². The molecule has 0 spiro atoms. The zero-order chi connectivity index (χ0) is 22.6. The van der Waals surface area contributed by atoms with E-state index in [1.54, 1.807) is 18.2 Å². The van der Waals surface area contributed by atoms with Gasteiger partial charge in [0.15, 0.2) is 0 Å². The fourth-order valence-corrected chi connectivity index (χ4v) is 4.78. The first-order chi connectivity index (χ1) is 14.7. The molecule has 1 atom stereocenters. The number of hydrogen-bond acceptors (Lipinski definition) is 5. The van der Waals surface area contributed by atoms with Crippen molar-refractivity contribution in [2.24, 2.45) is 0 Å². The van der Waals surface area contributed by atoms with Crippen molar-refractivity contribution >= 4 is 44.8 Å². The molecular formula is C21H24ClN3O5S. The monoisotopic (exact) mass is 465 g/mol. The molecule has 8 nitrogen and oxygen atoms in total. The highest BCUT2D eigenvalue weighted by atomic mass is 35.5. The second-order valence-electron chi connectivity index (χ2n) is 7.32. The largest absolute Gasteiger partial charge is 0.377 e. The number of anilines is 2. The Morgan fingerprint density at radius 3 is 2.58 bits per heavy atom. The molecule has 1 aliphatic rings. The molecule has 1 aliphatic heterocycles. The molecule has 10 heteroatoms. The first-order valence-corrected chi connectivity index (χ1v) is 11.6. The average Bonchev–Trinajstić information content (AvgIpc) is 3.22. The Kier molecular flexibility index (Phi) is 7.32. The molecule has 0 radical (unpaired) electrons. The van der Waals surface area contributed by atoms with Crippen LogP contribution in [-0.4, -0.2) is 39.5 Å². The number of amides is 2. The first-order valence-electron chi connectivity index (χ1n) is 9.76. The third kappa shape index (κ3) is 6.04. The van der Waals surface area contributed by atoms with Gasteiger partial charge in [-0.1, -0.05) is 17.7 Å². The second-order valence-corrected chi connectivity index (χ2v) is 9.46. The number of carbonyl (C=O) groups excluding carboxylic acids is 2. The Balaban J connectivity index is 1.81. The predicted molar refractivity (Wildman–Crippen MR) is 119 cm³/mol. The third-order valence-corrected chi connectivity index (χ3v) is 6.65. The van der Waals surface area contributed by atoms with Crippen LogP contribution in [0.4, 0.5) is 11.4 Å². The molecule has 2 amide bonds. The lowest BCUT2D eigenvalue weighted by atomic mass is 10.1. The number of sulfonamides is 1. The van der Waals surface area contributed by atoms with Crippen molar-refractivity contribution < 1.29 is 22.7 Å². The van der Waals surface area contributed by atoms with Gasteiger partial charge in [-0.15, -0.1) is 0 Å². The summed E-state index contributed by atoms with van der Waals surface area (Å²) in [5.41, 5.74) is 1.82. The molecule has 166 valence electrons. The molecule has 1 fully saturated rings. The molecule has 31 heavy (non-hydrogen) atoms. The van der Waals surface area contributed by atoms with Gasteiger partial charge in [0.25, 0.3) is 5.91 Å². The van der Waals surface area contributed by atoms with Gasteiger partial charge >= 0.3 is 0 Å². The lowest BCUT2D eigenvalue weighted by Crippen LogP contribution is -2.32. The van der Waals surface area contributed by atoms with Crippen LogP contribution in [0.2, 0.25) is 5.02 Å². The maximum atomic E-state index is 12.8. The van der Waals surface area contributed by atoms with Crippen molar-refractivity contribution in [3.05, 3.63) is 52.5 Å². The van der Waals surface area contributed by atoms with Crippen LogP contribution >= 0.6 is 11.6 Å². The van der Waals surface area contributed by atoms with Crippen LogP contribution in [0.15, 0.2) is 41.3 Å². The highest BCUT2D eigenvalue weighted by molar-refractivity contribution is 7.89. The lowest BCUT2D eigenvalue weighted by molar-refractivity contribution is -0.114.